The summed E-state index contributed by atoms with van der Waals surface area (Å²) >= 11 is 3.69. The summed E-state index contributed by atoms with van der Waals surface area (Å²) in [6, 6.07) is 73.0. The number of fused-ring (bicyclic) bond motifs is 3. The van der Waals surface area contributed by atoms with Crippen LogP contribution in [0.25, 0.3) is 74.1 Å². The van der Waals surface area contributed by atoms with Crippen LogP contribution in [0.2, 0.25) is 0 Å². The average Bonchev–Trinajstić information content (AvgIpc) is 3.87. The second-order valence-electron chi connectivity index (χ2n) is 13.4. The topological polar surface area (TPSA) is 3.24 Å². The van der Waals surface area contributed by atoms with Gasteiger partial charge in [0.2, 0.25) is 0 Å². The molecule has 0 bridgehead atoms. The Labute approximate surface area is 317 Å². The van der Waals surface area contributed by atoms with Gasteiger partial charge in [-0.15, -0.1) is 22.7 Å². The van der Waals surface area contributed by atoms with E-state index in [4.69, 9.17) is 0 Å². The van der Waals surface area contributed by atoms with Gasteiger partial charge in [-0.2, -0.15) is 0 Å². The van der Waals surface area contributed by atoms with Crippen molar-refractivity contribution in [2.75, 3.05) is 4.90 Å². The normalized spacial score (nSPS) is 11.4. The molecule has 10 aromatic rings. The van der Waals surface area contributed by atoms with Crippen LogP contribution in [0.5, 0.6) is 0 Å². The first-order chi connectivity index (χ1) is 26.2. The minimum atomic E-state index is 1.11. The molecule has 2 heterocycles. The third-order valence-corrected chi connectivity index (χ3v) is 12.4. The molecule has 0 N–H and O–H groups in total. The Kier molecular flexibility index (Phi) is 7.94. The van der Waals surface area contributed by atoms with Crippen molar-refractivity contribution < 1.29 is 0 Å². The van der Waals surface area contributed by atoms with Crippen molar-refractivity contribution in [2.45, 2.75) is 0 Å². The molecule has 250 valence electrons. The molecule has 0 amide bonds. The summed E-state index contributed by atoms with van der Waals surface area (Å²) in [5.41, 5.74) is 10.7. The maximum atomic E-state index is 2.35. The highest BCUT2D eigenvalue weighted by Gasteiger charge is 2.15. The van der Waals surface area contributed by atoms with E-state index >= 15 is 0 Å². The van der Waals surface area contributed by atoms with E-state index in [0.29, 0.717) is 0 Å². The van der Waals surface area contributed by atoms with Gasteiger partial charge in [-0.05, 0) is 122 Å². The summed E-state index contributed by atoms with van der Waals surface area (Å²) in [7, 11) is 0. The monoisotopic (exact) mass is 711 g/mol. The second-order valence-corrected chi connectivity index (χ2v) is 15.6. The van der Waals surface area contributed by atoms with Gasteiger partial charge in [0.1, 0.15) is 0 Å². The van der Waals surface area contributed by atoms with E-state index in [-0.39, 0.29) is 0 Å². The zero-order valence-corrected chi connectivity index (χ0v) is 30.4. The predicted octanol–water partition coefficient (Wildman–Crippen LogP) is 15.4. The molecule has 0 aliphatic rings. The maximum absolute atomic E-state index is 2.35. The molecule has 0 atom stereocenters. The van der Waals surface area contributed by atoms with E-state index in [0.717, 1.165) is 17.1 Å². The molecular formula is C50H33NS2. The first kappa shape index (κ1) is 31.5. The fourth-order valence-corrected chi connectivity index (χ4v) is 9.41. The molecule has 2 aromatic heterocycles. The van der Waals surface area contributed by atoms with Crippen LogP contribution in [-0.2, 0) is 0 Å². The number of hydrogen-bond donors (Lipinski definition) is 0. The molecule has 0 spiro atoms. The fourth-order valence-electron chi connectivity index (χ4n) is 7.27. The Balaban J connectivity index is 0.980. The van der Waals surface area contributed by atoms with Crippen LogP contribution >= 0.6 is 22.7 Å². The Hall–Kier alpha value is -6.26. The molecule has 0 fully saturated rings. The van der Waals surface area contributed by atoms with Crippen LogP contribution in [0.3, 0.4) is 0 Å². The van der Waals surface area contributed by atoms with Crippen LogP contribution in [0.1, 0.15) is 0 Å². The van der Waals surface area contributed by atoms with Crippen LogP contribution in [0, 0.1) is 0 Å². The molecule has 0 radical (unpaired) electrons. The maximum Gasteiger partial charge on any atom is 0.0462 e. The lowest BCUT2D eigenvalue weighted by Crippen LogP contribution is -2.09. The SMILES string of the molecule is c1ccc2cc(-c3ccc(N(c4ccc(-c5ccc(-c6cc7ccccc7s6)cc5)cc4)c4ccc(-c5cc6ccccc6s5)cc4)cc3)ccc2c1. The molecule has 10 rings (SSSR count). The average molecular weight is 712 g/mol. The van der Waals surface area contributed by atoms with E-state index < -0.39 is 0 Å². The Morgan fingerprint density at radius 3 is 1.11 bits per heavy atom. The largest absolute Gasteiger partial charge is 0.311 e. The third kappa shape index (κ3) is 6.10. The van der Waals surface area contributed by atoms with E-state index in [2.05, 4.69) is 205 Å². The summed E-state index contributed by atoms with van der Waals surface area (Å²) < 4.78 is 2.64. The van der Waals surface area contributed by atoms with Gasteiger partial charge in [-0.25, -0.2) is 0 Å². The van der Waals surface area contributed by atoms with Gasteiger partial charge >= 0.3 is 0 Å². The van der Waals surface area contributed by atoms with E-state index in [1.54, 1.807) is 0 Å². The molecule has 0 unspecified atom stereocenters. The highest BCUT2D eigenvalue weighted by atomic mass is 32.1. The first-order valence-corrected chi connectivity index (χ1v) is 19.5. The lowest BCUT2D eigenvalue weighted by atomic mass is 10.0. The van der Waals surface area contributed by atoms with Gasteiger partial charge in [0.25, 0.3) is 0 Å². The Morgan fingerprint density at radius 2 is 0.623 bits per heavy atom. The van der Waals surface area contributed by atoms with Crippen molar-refractivity contribution in [3.63, 3.8) is 0 Å². The first-order valence-electron chi connectivity index (χ1n) is 17.9. The van der Waals surface area contributed by atoms with Gasteiger partial charge < -0.3 is 4.90 Å². The van der Waals surface area contributed by atoms with E-state index in [1.165, 1.54) is 74.1 Å². The summed E-state index contributed by atoms with van der Waals surface area (Å²) in [5, 5.41) is 5.10. The number of benzene rings is 8. The highest BCUT2D eigenvalue weighted by molar-refractivity contribution is 7.22. The van der Waals surface area contributed by atoms with E-state index in [1.807, 2.05) is 22.7 Å². The van der Waals surface area contributed by atoms with E-state index in [9.17, 15) is 0 Å². The van der Waals surface area contributed by atoms with Crippen LogP contribution in [-0.4, -0.2) is 0 Å². The summed E-state index contributed by atoms with van der Waals surface area (Å²) in [5.74, 6) is 0. The Bertz CT molecular complexity index is 2790. The lowest BCUT2D eigenvalue weighted by Gasteiger charge is -2.26. The minimum Gasteiger partial charge on any atom is -0.311 e. The quantitative estimate of drug-likeness (QED) is 0.159. The van der Waals surface area contributed by atoms with Crippen molar-refractivity contribution in [3.05, 3.63) is 200 Å². The van der Waals surface area contributed by atoms with Gasteiger partial charge in [0.05, 0.1) is 0 Å². The van der Waals surface area contributed by atoms with Crippen molar-refractivity contribution in [1.29, 1.82) is 0 Å². The minimum absolute atomic E-state index is 1.11. The summed E-state index contributed by atoms with van der Waals surface area (Å²) in [4.78, 5) is 4.94. The number of rotatable bonds is 7. The number of anilines is 3. The van der Waals surface area contributed by atoms with Crippen molar-refractivity contribution >= 4 is 70.7 Å². The zero-order valence-electron chi connectivity index (χ0n) is 28.8. The van der Waals surface area contributed by atoms with Gasteiger partial charge in [0.15, 0.2) is 0 Å². The summed E-state index contributed by atoms with van der Waals surface area (Å²) in [6.45, 7) is 0. The predicted molar refractivity (Wildman–Crippen MR) is 231 cm³/mol. The molecular weight excluding hydrogens is 679 g/mol. The fraction of sp³-hybridized carbons (Fsp3) is 0. The molecule has 0 saturated heterocycles. The number of nitrogens with zero attached hydrogens (tertiary/aromatic N) is 1. The van der Waals surface area contributed by atoms with Crippen LogP contribution in [0.4, 0.5) is 17.1 Å². The second kappa shape index (κ2) is 13.4. The van der Waals surface area contributed by atoms with Crippen LogP contribution < -0.4 is 4.90 Å². The standard InChI is InChI=1S/C50H33NS2/c1-2-8-40-31-41(18-15-34(40)7-1)37-21-27-45(28-22-37)51(46-29-23-39(24-30-46)50-33-43-10-4-6-12-48(43)53-50)44-25-19-36(20-26-44)35-13-16-38(17-14-35)49-32-42-9-3-5-11-47(42)52-49/h1-33H. The zero-order chi connectivity index (χ0) is 35.1. The third-order valence-electron chi connectivity index (χ3n) is 10.1. The molecule has 0 aliphatic heterocycles. The lowest BCUT2D eigenvalue weighted by molar-refractivity contribution is 1.28. The molecule has 8 aromatic carbocycles. The van der Waals surface area contributed by atoms with Gasteiger partial charge in [-0.1, -0.05) is 133 Å². The number of hydrogen-bond acceptors (Lipinski definition) is 3. The molecule has 53 heavy (non-hydrogen) atoms. The van der Waals surface area contributed by atoms with Crippen LogP contribution in [0.15, 0.2) is 200 Å². The molecule has 3 heteroatoms. The summed E-state index contributed by atoms with van der Waals surface area (Å²) in [6.07, 6.45) is 0. The van der Waals surface area contributed by atoms with Crippen molar-refractivity contribution in [1.82, 2.24) is 0 Å². The molecule has 0 saturated carbocycles. The van der Waals surface area contributed by atoms with Crippen molar-refractivity contribution in [2.24, 2.45) is 0 Å². The smallest absolute Gasteiger partial charge is 0.0462 e. The van der Waals surface area contributed by atoms with Crippen molar-refractivity contribution in [3.8, 4) is 43.1 Å². The number of thiophene rings is 2. The Morgan fingerprint density at radius 1 is 0.264 bits per heavy atom. The van der Waals surface area contributed by atoms with Gasteiger partial charge in [0, 0.05) is 36.2 Å². The molecule has 1 nitrogen and oxygen atoms in total. The van der Waals surface area contributed by atoms with Gasteiger partial charge in [-0.3, -0.25) is 0 Å². The highest BCUT2D eigenvalue weighted by Crippen LogP contribution is 2.40. The molecule has 0 aliphatic carbocycles.